The van der Waals surface area contributed by atoms with E-state index in [2.05, 4.69) is 15.3 Å². The second kappa shape index (κ2) is 8.68. The second-order valence-electron chi connectivity index (χ2n) is 7.98. The van der Waals surface area contributed by atoms with E-state index in [9.17, 15) is 14.0 Å². The van der Waals surface area contributed by atoms with Gasteiger partial charge in [-0.15, -0.1) is 22.7 Å². The predicted molar refractivity (Wildman–Crippen MR) is 126 cm³/mol. The molecule has 1 N–H and O–H groups in total. The number of carbonyl (C=O) groups is 2. The average molecular weight is 484 g/mol. The molecule has 0 saturated heterocycles. The summed E-state index contributed by atoms with van der Waals surface area (Å²) in [7, 11) is 0. The monoisotopic (exact) mass is 483 g/mol. The largest absolute Gasteiger partial charge is 0.349 e. The van der Waals surface area contributed by atoms with Gasteiger partial charge < -0.3 is 10.2 Å². The highest BCUT2D eigenvalue weighted by Gasteiger charge is 2.35. The van der Waals surface area contributed by atoms with E-state index in [0.717, 1.165) is 17.8 Å². The third kappa shape index (κ3) is 4.16. The molecule has 5 rings (SSSR count). The predicted octanol–water partition coefficient (Wildman–Crippen LogP) is 4.31. The maximum absolute atomic E-state index is 14.4. The van der Waals surface area contributed by atoms with Crippen molar-refractivity contribution in [3.8, 4) is 10.4 Å². The smallest absolute Gasteiger partial charge is 0.274 e. The first-order valence-corrected chi connectivity index (χ1v) is 12.4. The molecule has 1 aliphatic rings. The lowest BCUT2D eigenvalue weighted by Gasteiger charge is -2.22. The van der Waals surface area contributed by atoms with Gasteiger partial charge >= 0.3 is 0 Å². The van der Waals surface area contributed by atoms with Gasteiger partial charge in [-0.05, 0) is 32.8 Å². The molecule has 0 bridgehead atoms. The molecule has 33 heavy (non-hydrogen) atoms. The minimum atomic E-state index is -0.378. The number of hydrogen-bond donors (Lipinski definition) is 1. The van der Waals surface area contributed by atoms with E-state index in [-0.39, 0.29) is 29.4 Å². The standard InChI is InChI=1S/C23H22FN5O2S2/c1-13-19(29-11-12-32-23(29)26-13)21(30)25-9-10-28(15-7-8-15)22(31)18-20(33-14(2)27-18)16-5-3-4-6-17(16)24/h3-6,11-12,15H,7-10H2,1-2H3,(H,25,30). The maximum atomic E-state index is 14.4. The van der Waals surface area contributed by atoms with Gasteiger partial charge in [0.2, 0.25) is 0 Å². The molecule has 7 nitrogen and oxygen atoms in total. The normalized spacial score (nSPS) is 13.4. The van der Waals surface area contributed by atoms with Crippen molar-refractivity contribution in [2.24, 2.45) is 0 Å². The van der Waals surface area contributed by atoms with Crippen LogP contribution in [0.1, 0.15) is 44.5 Å². The summed E-state index contributed by atoms with van der Waals surface area (Å²) in [6, 6.07) is 6.54. The van der Waals surface area contributed by atoms with Gasteiger partial charge in [0.05, 0.1) is 15.6 Å². The fourth-order valence-electron chi connectivity index (χ4n) is 3.91. The highest BCUT2D eigenvalue weighted by atomic mass is 32.1. The summed E-state index contributed by atoms with van der Waals surface area (Å²) < 4.78 is 16.2. The van der Waals surface area contributed by atoms with E-state index >= 15 is 0 Å². The number of nitrogens with zero attached hydrogens (tertiary/aromatic N) is 4. The summed E-state index contributed by atoms with van der Waals surface area (Å²) in [6.45, 7) is 4.28. The highest BCUT2D eigenvalue weighted by molar-refractivity contribution is 7.15. The topological polar surface area (TPSA) is 79.6 Å². The first kappa shape index (κ1) is 21.7. The molecule has 0 spiro atoms. The van der Waals surface area contributed by atoms with Crippen molar-refractivity contribution in [1.29, 1.82) is 0 Å². The molecular formula is C23H22FN5O2S2. The van der Waals surface area contributed by atoms with Crippen LogP contribution in [-0.2, 0) is 0 Å². The van der Waals surface area contributed by atoms with Crippen LogP contribution in [0.5, 0.6) is 0 Å². The van der Waals surface area contributed by atoms with Crippen molar-refractivity contribution in [3.63, 3.8) is 0 Å². The van der Waals surface area contributed by atoms with E-state index in [1.54, 1.807) is 27.5 Å². The second-order valence-corrected chi connectivity index (χ2v) is 10.1. The molecule has 3 heterocycles. The van der Waals surface area contributed by atoms with Gasteiger partial charge in [0, 0.05) is 36.3 Å². The number of imidazole rings is 1. The van der Waals surface area contributed by atoms with Gasteiger partial charge in [-0.2, -0.15) is 0 Å². The van der Waals surface area contributed by atoms with E-state index in [4.69, 9.17) is 0 Å². The molecule has 0 unspecified atom stereocenters. The van der Waals surface area contributed by atoms with Crippen LogP contribution < -0.4 is 5.32 Å². The van der Waals surface area contributed by atoms with Crippen molar-refractivity contribution < 1.29 is 14.0 Å². The number of hydrogen-bond acceptors (Lipinski definition) is 6. The Hall–Kier alpha value is -3.11. The van der Waals surface area contributed by atoms with E-state index in [1.165, 1.54) is 28.7 Å². The average Bonchev–Trinajstić information content (AvgIpc) is 3.27. The van der Waals surface area contributed by atoms with E-state index in [0.29, 0.717) is 39.9 Å². The van der Waals surface area contributed by atoms with Crippen LogP contribution in [0, 0.1) is 19.7 Å². The van der Waals surface area contributed by atoms with Gasteiger partial charge in [-0.3, -0.25) is 14.0 Å². The van der Waals surface area contributed by atoms with Crippen LogP contribution in [0.2, 0.25) is 0 Å². The van der Waals surface area contributed by atoms with Crippen molar-refractivity contribution in [2.45, 2.75) is 32.7 Å². The fourth-order valence-corrected chi connectivity index (χ4v) is 5.61. The lowest BCUT2D eigenvalue weighted by Crippen LogP contribution is -2.40. The van der Waals surface area contributed by atoms with Crippen molar-refractivity contribution in [1.82, 2.24) is 24.6 Å². The third-order valence-electron chi connectivity index (χ3n) is 5.59. The van der Waals surface area contributed by atoms with Gasteiger partial charge in [0.25, 0.3) is 11.8 Å². The first-order chi connectivity index (χ1) is 15.9. The molecule has 2 amide bonds. The molecule has 4 aromatic rings. The number of fused-ring (bicyclic) bond motifs is 1. The molecule has 0 atom stereocenters. The molecule has 1 aliphatic carbocycles. The molecule has 1 fully saturated rings. The Morgan fingerprint density at radius 1 is 1.24 bits per heavy atom. The molecule has 170 valence electrons. The van der Waals surface area contributed by atoms with Crippen LogP contribution in [0.15, 0.2) is 35.8 Å². The molecule has 10 heteroatoms. The van der Waals surface area contributed by atoms with Gasteiger partial charge in [0.15, 0.2) is 4.96 Å². The minimum absolute atomic E-state index is 0.116. The van der Waals surface area contributed by atoms with Crippen LogP contribution in [0.3, 0.4) is 0 Å². The Morgan fingerprint density at radius 2 is 2.03 bits per heavy atom. The zero-order valence-corrected chi connectivity index (χ0v) is 19.8. The molecule has 0 radical (unpaired) electrons. The van der Waals surface area contributed by atoms with E-state index in [1.807, 2.05) is 25.4 Å². The molecule has 0 aliphatic heterocycles. The number of carbonyl (C=O) groups excluding carboxylic acids is 2. The zero-order chi connectivity index (χ0) is 23.1. The number of nitrogens with one attached hydrogen (secondary N) is 1. The van der Waals surface area contributed by atoms with Crippen molar-refractivity contribution in [2.75, 3.05) is 13.1 Å². The number of rotatable bonds is 7. The molecular weight excluding hydrogens is 461 g/mol. The lowest BCUT2D eigenvalue weighted by atomic mass is 10.1. The Morgan fingerprint density at radius 3 is 2.79 bits per heavy atom. The summed E-state index contributed by atoms with van der Waals surface area (Å²) in [5.74, 6) is -0.829. The molecule has 1 aromatic carbocycles. The van der Waals surface area contributed by atoms with Crippen LogP contribution in [-0.4, -0.2) is 50.2 Å². The number of thiazole rings is 2. The number of halogens is 1. The third-order valence-corrected chi connectivity index (χ3v) is 7.35. The van der Waals surface area contributed by atoms with Gasteiger partial charge in [-0.25, -0.2) is 14.4 Å². The Labute approximate surface area is 197 Å². The quantitative estimate of drug-likeness (QED) is 0.425. The van der Waals surface area contributed by atoms with Crippen molar-refractivity contribution in [3.05, 3.63) is 63.7 Å². The Bertz CT molecular complexity index is 1350. The summed E-state index contributed by atoms with van der Waals surface area (Å²) in [4.78, 5) is 38.2. The van der Waals surface area contributed by atoms with E-state index < -0.39 is 0 Å². The van der Waals surface area contributed by atoms with Crippen LogP contribution in [0.25, 0.3) is 15.4 Å². The number of amides is 2. The zero-order valence-electron chi connectivity index (χ0n) is 18.2. The summed E-state index contributed by atoms with van der Waals surface area (Å²) in [5.41, 5.74) is 1.83. The Kier molecular flexibility index (Phi) is 5.71. The number of benzene rings is 1. The van der Waals surface area contributed by atoms with Gasteiger partial charge in [-0.1, -0.05) is 18.2 Å². The first-order valence-electron chi connectivity index (χ1n) is 10.7. The summed E-state index contributed by atoms with van der Waals surface area (Å²) in [5, 5.41) is 5.51. The Balaban J connectivity index is 1.33. The van der Waals surface area contributed by atoms with Crippen LogP contribution >= 0.6 is 22.7 Å². The highest BCUT2D eigenvalue weighted by Crippen LogP contribution is 2.35. The summed E-state index contributed by atoms with van der Waals surface area (Å²) >= 11 is 2.78. The minimum Gasteiger partial charge on any atom is -0.349 e. The van der Waals surface area contributed by atoms with Gasteiger partial charge in [0.1, 0.15) is 17.2 Å². The fraction of sp³-hybridized carbons (Fsp3) is 0.304. The maximum Gasteiger partial charge on any atom is 0.274 e. The molecule has 3 aromatic heterocycles. The lowest BCUT2D eigenvalue weighted by molar-refractivity contribution is 0.0731. The van der Waals surface area contributed by atoms with Crippen LogP contribution in [0.4, 0.5) is 4.39 Å². The number of aryl methyl sites for hydroxylation is 2. The van der Waals surface area contributed by atoms with Crippen molar-refractivity contribution >= 4 is 39.4 Å². The SMILES string of the molecule is Cc1nc(C(=O)N(CCNC(=O)c2c(C)nc3sccn23)C2CC2)c(-c2ccccc2F)s1. The molecule has 1 saturated carbocycles. The number of aromatic nitrogens is 3. The summed E-state index contributed by atoms with van der Waals surface area (Å²) in [6.07, 6.45) is 3.65.